The van der Waals surface area contributed by atoms with E-state index in [1.165, 1.54) is 10.9 Å². The van der Waals surface area contributed by atoms with Gasteiger partial charge in [-0.25, -0.2) is 4.98 Å². The molecule has 0 aromatic carbocycles. The Morgan fingerprint density at radius 1 is 1.43 bits per heavy atom. The minimum Gasteiger partial charge on any atom is -0.346 e. The van der Waals surface area contributed by atoms with Crippen LogP contribution in [0.1, 0.15) is 43.1 Å². The van der Waals surface area contributed by atoms with Crippen molar-refractivity contribution in [2.75, 3.05) is 0 Å². The van der Waals surface area contributed by atoms with Crippen LogP contribution in [0.25, 0.3) is 0 Å². The smallest absolute Gasteiger partial charge is 0.240 e. The lowest BCUT2D eigenvalue weighted by Gasteiger charge is -2.30. The molecule has 118 valence electrons. The van der Waals surface area contributed by atoms with Crippen LogP contribution in [0.4, 0.5) is 0 Å². The molecular weight excluding hydrogens is 310 g/mol. The lowest BCUT2D eigenvalue weighted by molar-refractivity contribution is -0.123. The molecule has 0 radical (unpaired) electrons. The van der Waals surface area contributed by atoms with Gasteiger partial charge in [-0.05, 0) is 16.9 Å². The molecule has 0 saturated heterocycles. The summed E-state index contributed by atoms with van der Waals surface area (Å²) in [7, 11) is 0. The Hall–Kier alpha value is -2.64. The van der Waals surface area contributed by atoms with Gasteiger partial charge in [0.2, 0.25) is 5.91 Å². The van der Waals surface area contributed by atoms with E-state index in [2.05, 4.69) is 31.1 Å². The van der Waals surface area contributed by atoms with Crippen molar-refractivity contribution in [2.24, 2.45) is 5.41 Å². The first-order valence-corrected chi connectivity index (χ1v) is 7.93. The molecule has 0 unspecified atom stereocenters. The van der Waals surface area contributed by atoms with E-state index in [1.54, 1.807) is 11.3 Å². The molecule has 7 heteroatoms. The standard InChI is InChI=1S/C16H17N5OS/c1-16(2,3)15(13-5-4-6-23-13)20-14(22)9-21-10-19-11(7-17)12(21)8-18/h4-6,10,15H,9H2,1-3H3,(H,20,22)/t15-/m0/s1. The molecule has 1 amide bonds. The van der Waals surface area contributed by atoms with Gasteiger partial charge in [0.05, 0.1) is 12.4 Å². The van der Waals surface area contributed by atoms with E-state index < -0.39 is 0 Å². The predicted octanol–water partition coefficient (Wildman–Crippen LogP) is 2.59. The summed E-state index contributed by atoms with van der Waals surface area (Å²) in [4.78, 5) is 17.3. The van der Waals surface area contributed by atoms with Crippen LogP contribution < -0.4 is 5.32 Å². The van der Waals surface area contributed by atoms with Crippen LogP contribution in [-0.2, 0) is 11.3 Å². The second-order valence-electron chi connectivity index (χ2n) is 6.18. The summed E-state index contributed by atoms with van der Waals surface area (Å²) in [6.07, 6.45) is 1.34. The normalized spacial score (nSPS) is 12.2. The van der Waals surface area contributed by atoms with Crippen LogP contribution in [0.5, 0.6) is 0 Å². The van der Waals surface area contributed by atoms with Crippen molar-refractivity contribution in [3.63, 3.8) is 0 Å². The van der Waals surface area contributed by atoms with Crippen molar-refractivity contribution < 1.29 is 4.79 Å². The zero-order chi connectivity index (χ0) is 17.0. The largest absolute Gasteiger partial charge is 0.346 e. The second kappa shape index (κ2) is 6.64. The average molecular weight is 327 g/mol. The molecule has 0 fully saturated rings. The fraction of sp³-hybridized carbons (Fsp3) is 0.375. The van der Waals surface area contributed by atoms with E-state index in [4.69, 9.17) is 10.5 Å². The summed E-state index contributed by atoms with van der Waals surface area (Å²) in [6, 6.07) is 7.57. The van der Waals surface area contributed by atoms with Gasteiger partial charge in [0.1, 0.15) is 18.7 Å². The number of carbonyl (C=O) groups excluding carboxylic acids is 1. The van der Waals surface area contributed by atoms with Gasteiger partial charge in [0.25, 0.3) is 0 Å². The van der Waals surface area contributed by atoms with Gasteiger partial charge in [0.15, 0.2) is 11.4 Å². The number of hydrogen-bond acceptors (Lipinski definition) is 5. The van der Waals surface area contributed by atoms with Gasteiger partial charge in [-0.15, -0.1) is 11.3 Å². The number of imidazole rings is 1. The third-order valence-corrected chi connectivity index (χ3v) is 4.30. The molecule has 0 aliphatic rings. The number of nitriles is 2. The molecule has 1 atom stereocenters. The summed E-state index contributed by atoms with van der Waals surface area (Å²) < 4.78 is 1.39. The van der Waals surface area contributed by atoms with Crippen LogP contribution in [0.2, 0.25) is 0 Å². The fourth-order valence-electron chi connectivity index (χ4n) is 2.23. The van der Waals surface area contributed by atoms with E-state index >= 15 is 0 Å². The Balaban J connectivity index is 2.17. The van der Waals surface area contributed by atoms with E-state index in [-0.39, 0.29) is 35.3 Å². The fourth-order valence-corrected chi connectivity index (χ4v) is 3.25. The van der Waals surface area contributed by atoms with Crippen molar-refractivity contribution in [2.45, 2.75) is 33.4 Å². The molecule has 6 nitrogen and oxygen atoms in total. The number of nitrogens with zero attached hydrogens (tertiary/aromatic N) is 4. The van der Waals surface area contributed by atoms with Crippen LogP contribution >= 0.6 is 11.3 Å². The Labute approximate surface area is 139 Å². The van der Waals surface area contributed by atoms with E-state index in [9.17, 15) is 4.79 Å². The molecule has 2 aromatic heterocycles. The number of amides is 1. The maximum absolute atomic E-state index is 12.4. The van der Waals surface area contributed by atoms with Crippen molar-refractivity contribution in [1.82, 2.24) is 14.9 Å². The topological polar surface area (TPSA) is 94.5 Å². The van der Waals surface area contributed by atoms with Crippen LogP contribution in [-0.4, -0.2) is 15.5 Å². The van der Waals surface area contributed by atoms with Gasteiger partial charge in [-0.2, -0.15) is 10.5 Å². The maximum atomic E-state index is 12.4. The van der Waals surface area contributed by atoms with Crippen LogP contribution in [0.15, 0.2) is 23.8 Å². The molecule has 1 N–H and O–H groups in total. The molecular formula is C16H17N5OS. The first-order valence-electron chi connectivity index (χ1n) is 7.05. The third kappa shape index (κ3) is 3.77. The SMILES string of the molecule is CC(C)(C)[C@@H](NC(=O)Cn1cnc(C#N)c1C#N)c1cccs1. The van der Waals surface area contributed by atoms with E-state index in [1.807, 2.05) is 29.7 Å². The van der Waals surface area contributed by atoms with Crippen molar-refractivity contribution in [1.29, 1.82) is 10.5 Å². The molecule has 0 aliphatic carbocycles. The quantitative estimate of drug-likeness (QED) is 0.933. The lowest BCUT2D eigenvalue weighted by atomic mass is 9.85. The van der Waals surface area contributed by atoms with Crippen molar-refractivity contribution in [3.05, 3.63) is 40.1 Å². The van der Waals surface area contributed by atoms with Crippen molar-refractivity contribution >= 4 is 17.2 Å². The lowest BCUT2D eigenvalue weighted by Crippen LogP contribution is -2.38. The van der Waals surface area contributed by atoms with Gasteiger partial charge in [-0.1, -0.05) is 26.8 Å². The summed E-state index contributed by atoms with van der Waals surface area (Å²) in [5.74, 6) is -0.225. The zero-order valence-corrected chi connectivity index (χ0v) is 14.0. The molecule has 0 saturated carbocycles. The maximum Gasteiger partial charge on any atom is 0.240 e. The number of aromatic nitrogens is 2. The number of rotatable bonds is 4. The average Bonchev–Trinajstić information content (AvgIpc) is 3.12. The number of hydrogen-bond donors (Lipinski definition) is 1. The summed E-state index contributed by atoms with van der Waals surface area (Å²) in [5, 5.41) is 23.0. The van der Waals surface area contributed by atoms with Crippen molar-refractivity contribution in [3.8, 4) is 12.1 Å². The Morgan fingerprint density at radius 3 is 2.70 bits per heavy atom. The molecule has 0 spiro atoms. The molecule has 2 aromatic rings. The van der Waals surface area contributed by atoms with E-state index in [0.29, 0.717) is 0 Å². The molecule has 0 aliphatic heterocycles. The highest BCUT2D eigenvalue weighted by molar-refractivity contribution is 7.10. The van der Waals surface area contributed by atoms with Gasteiger partial charge < -0.3 is 9.88 Å². The molecule has 23 heavy (non-hydrogen) atoms. The molecule has 0 bridgehead atoms. The second-order valence-corrected chi connectivity index (χ2v) is 7.15. The highest BCUT2D eigenvalue weighted by atomic mass is 32.1. The minimum atomic E-state index is -0.225. The Kier molecular flexibility index (Phi) is 4.83. The molecule has 2 heterocycles. The first-order chi connectivity index (χ1) is 10.9. The van der Waals surface area contributed by atoms with Gasteiger partial charge in [0, 0.05) is 4.88 Å². The predicted molar refractivity (Wildman–Crippen MR) is 86.3 cm³/mol. The summed E-state index contributed by atoms with van der Waals surface area (Å²) >= 11 is 1.59. The Morgan fingerprint density at radius 2 is 2.17 bits per heavy atom. The summed E-state index contributed by atoms with van der Waals surface area (Å²) in [6.45, 7) is 6.13. The first kappa shape index (κ1) is 16.7. The number of carbonyl (C=O) groups is 1. The van der Waals surface area contributed by atoms with Gasteiger partial charge >= 0.3 is 0 Å². The minimum absolute atomic E-state index is 0.0333. The monoisotopic (exact) mass is 327 g/mol. The van der Waals surface area contributed by atoms with Crippen LogP contribution in [0.3, 0.4) is 0 Å². The number of thiophene rings is 1. The van der Waals surface area contributed by atoms with Crippen LogP contribution in [0, 0.1) is 28.1 Å². The highest BCUT2D eigenvalue weighted by Crippen LogP contribution is 2.35. The van der Waals surface area contributed by atoms with E-state index in [0.717, 1.165) is 4.88 Å². The summed E-state index contributed by atoms with van der Waals surface area (Å²) in [5.41, 5.74) is -0.0114. The Bertz CT molecular complexity index is 771. The third-order valence-electron chi connectivity index (χ3n) is 3.36. The van der Waals surface area contributed by atoms with Gasteiger partial charge in [-0.3, -0.25) is 4.79 Å². The molecule has 2 rings (SSSR count). The number of nitrogens with one attached hydrogen (secondary N) is 1. The highest BCUT2D eigenvalue weighted by Gasteiger charge is 2.28. The zero-order valence-electron chi connectivity index (χ0n) is 13.2.